The maximum Gasteiger partial charge on any atom is 0.129 e. The molecular weight excluding hydrogens is 251 g/mol. The summed E-state index contributed by atoms with van der Waals surface area (Å²) >= 11 is 0. The van der Waals surface area contributed by atoms with Gasteiger partial charge in [-0.25, -0.2) is 4.39 Å². The van der Waals surface area contributed by atoms with Gasteiger partial charge < -0.3 is 5.32 Å². The number of nitrogens with one attached hydrogen (secondary N) is 1. The van der Waals surface area contributed by atoms with E-state index in [1.807, 2.05) is 6.07 Å². The van der Waals surface area contributed by atoms with Crippen LogP contribution in [0.15, 0.2) is 18.2 Å². The first-order chi connectivity index (χ1) is 8.69. The molecule has 3 nitrogen and oxygen atoms in total. The van der Waals surface area contributed by atoms with Crippen molar-refractivity contribution in [1.29, 1.82) is 5.26 Å². The molecule has 1 aromatic carbocycles. The summed E-state index contributed by atoms with van der Waals surface area (Å²) in [4.78, 5) is 0. The summed E-state index contributed by atoms with van der Waals surface area (Å²) in [5.74, 6) is 1.11. The van der Waals surface area contributed by atoms with Crippen molar-refractivity contribution in [2.24, 2.45) is 0 Å². The van der Waals surface area contributed by atoms with Crippen molar-refractivity contribution in [2.45, 2.75) is 25.4 Å². The van der Waals surface area contributed by atoms with E-state index < -0.39 is 10.8 Å². The molecule has 1 aliphatic heterocycles. The summed E-state index contributed by atoms with van der Waals surface area (Å²) in [6.07, 6.45) is 1.76. The van der Waals surface area contributed by atoms with Crippen molar-refractivity contribution in [3.63, 3.8) is 0 Å². The van der Waals surface area contributed by atoms with Crippen LogP contribution in [0.5, 0.6) is 0 Å². The molecule has 0 spiro atoms. The van der Waals surface area contributed by atoms with E-state index in [0.717, 1.165) is 24.3 Å². The third kappa shape index (κ3) is 3.37. The SMILES string of the molecule is N#Cc1ccc(CNC2CCS(=O)CC2)c(F)c1. The van der Waals surface area contributed by atoms with Crippen LogP contribution < -0.4 is 5.32 Å². The molecule has 96 valence electrons. The van der Waals surface area contributed by atoms with Gasteiger partial charge in [0.2, 0.25) is 0 Å². The van der Waals surface area contributed by atoms with Gasteiger partial charge in [-0.3, -0.25) is 4.21 Å². The zero-order valence-corrected chi connectivity index (χ0v) is 10.8. The highest BCUT2D eigenvalue weighted by molar-refractivity contribution is 7.85. The Morgan fingerprint density at radius 2 is 2.17 bits per heavy atom. The van der Waals surface area contributed by atoms with E-state index in [4.69, 9.17) is 5.26 Å². The zero-order valence-electron chi connectivity index (χ0n) is 9.99. The van der Waals surface area contributed by atoms with Crippen LogP contribution in [0, 0.1) is 17.1 Å². The molecule has 1 aliphatic rings. The van der Waals surface area contributed by atoms with Crippen LogP contribution in [0.2, 0.25) is 0 Å². The number of hydrogen-bond acceptors (Lipinski definition) is 3. The Hall–Kier alpha value is -1.25. The quantitative estimate of drug-likeness (QED) is 0.906. The van der Waals surface area contributed by atoms with Crippen molar-refractivity contribution >= 4 is 10.8 Å². The van der Waals surface area contributed by atoms with E-state index in [1.54, 1.807) is 12.1 Å². The second-order valence-electron chi connectivity index (χ2n) is 4.42. The summed E-state index contributed by atoms with van der Waals surface area (Å²) in [6, 6.07) is 6.75. The van der Waals surface area contributed by atoms with Crippen molar-refractivity contribution < 1.29 is 8.60 Å². The zero-order chi connectivity index (χ0) is 13.0. The summed E-state index contributed by atoms with van der Waals surface area (Å²) in [6.45, 7) is 0.453. The van der Waals surface area contributed by atoms with E-state index in [2.05, 4.69) is 5.32 Å². The highest BCUT2D eigenvalue weighted by Gasteiger charge is 2.17. The second-order valence-corrected chi connectivity index (χ2v) is 6.12. The smallest absolute Gasteiger partial charge is 0.129 e. The first kappa shape index (κ1) is 13.2. The summed E-state index contributed by atoms with van der Waals surface area (Å²) in [5.41, 5.74) is 0.907. The average Bonchev–Trinajstić information content (AvgIpc) is 2.39. The molecule has 18 heavy (non-hydrogen) atoms. The molecule has 1 fully saturated rings. The third-order valence-electron chi connectivity index (χ3n) is 3.15. The van der Waals surface area contributed by atoms with Gasteiger partial charge in [0.15, 0.2) is 0 Å². The number of benzene rings is 1. The van der Waals surface area contributed by atoms with Crippen molar-refractivity contribution in [2.75, 3.05) is 11.5 Å². The van der Waals surface area contributed by atoms with Crippen LogP contribution >= 0.6 is 0 Å². The third-order valence-corrected chi connectivity index (χ3v) is 4.53. The van der Waals surface area contributed by atoms with Crippen LogP contribution in [0.3, 0.4) is 0 Å². The van der Waals surface area contributed by atoms with Crippen LogP contribution in [0.1, 0.15) is 24.0 Å². The second kappa shape index (κ2) is 6.07. The monoisotopic (exact) mass is 266 g/mol. The molecule has 0 unspecified atom stereocenters. The van der Waals surface area contributed by atoms with E-state index in [0.29, 0.717) is 23.7 Å². The minimum atomic E-state index is -0.668. The predicted octanol–water partition coefficient (Wildman–Crippen LogP) is 1.70. The van der Waals surface area contributed by atoms with Gasteiger partial charge in [0, 0.05) is 40.5 Å². The predicted molar refractivity (Wildman–Crippen MR) is 68.9 cm³/mol. The number of nitriles is 1. The summed E-state index contributed by atoms with van der Waals surface area (Å²) in [7, 11) is -0.668. The maximum absolute atomic E-state index is 13.6. The lowest BCUT2D eigenvalue weighted by atomic mass is 10.1. The molecule has 0 radical (unpaired) electrons. The lowest BCUT2D eigenvalue weighted by Gasteiger charge is -2.22. The Balaban J connectivity index is 1.90. The van der Waals surface area contributed by atoms with E-state index >= 15 is 0 Å². The number of rotatable bonds is 3. The summed E-state index contributed by atoms with van der Waals surface area (Å²) in [5, 5.41) is 11.9. The Labute approximate surface area is 108 Å². The van der Waals surface area contributed by atoms with Gasteiger partial charge in [-0.05, 0) is 25.0 Å². The lowest BCUT2D eigenvalue weighted by Crippen LogP contribution is -2.35. The number of nitrogens with zero attached hydrogens (tertiary/aromatic N) is 1. The van der Waals surface area contributed by atoms with Gasteiger partial charge in [-0.15, -0.1) is 0 Å². The molecule has 1 N–H and O–H groups in total. The molecule has 0 bridgehead atoms. The van der Waals surface area contributed by atoms with Gasteiger partial charge in [0.05, 0.1) is 11.6 Å². The Kier molecular flexibility index (Phi) is 4.45. The number of halogens is 1. The Morgan fingerprint density at radius 1 is 1.44 bits per heavy atom. The van der Waals surface area contributed by atoms with Crippen molar-refractivity contribution in [3.8, 4) is 6.07 Å². The van der Waals surface area contributed by atoms with E-state index in [-0.39, 0.29) is 5.82 Å². The first-order valence-electron chi connectivity index (χ1n) is 5.96. The van der Waals surface area contributed by atoms with Crippen LogP contribution in [0.4, 0.5) is 4.39 Å². The molecular formula is C13H15FN2OS. The Bertz CT molecular complexity index is 488. The van der Waals surface area contributed by atoms with Crippen molar-refractivity contribution in [1.82, 2.24) is 5.32 Å². The van der Waals surface area contributed by atoms with Crippen LogP contribution in [-0.4, -0.2) is 21.8 Å². The minimum absolute atomic E-state index is 0.317. The lowest BCUT2D eigenvalue weighted by molar-refractivity contribution is 0.467. The number of hydrogen-bond donors (Lipinski definition) is 1. The fourth-order valence-corrected chi connectivity index (χ4v) is 3.31. The van der Waals surface area contributed by atoms with Gasteiger partial charge in [0.1, 0.15) is 5.82 Å². The van der Waals surface area contributed by atoms with E-state index in [1.165, 1.54) is 6.07 Å². The summed E-state index contributed by atoms with van der Waals surface area (Å²) < 4.78 is 24.8. The standard InChI is InChI=1S/C13H15FN2OS/c14-13-7-10(8-15)1-2-11(13)9-16-12-3-5-18(17)6-4-12/h1-2,7,12,16H,3-6,9H2. The molecule has 1 aromatic rings. The minimum Gasteiger partial charge on any atom is -0.310 e. The molecule has 0 amide bonds. The first-order valence-corrected chi connectivity index (χ1v) is 7.44. The van der Waals surface area contributed by atoms with Crippen LogP contribution in [-0.2, 0) is 17.3 Å². The van der Waals surface area contributed by atoms with Crippen LogP contribution in [0.25, 0.3) is 0 Å². The van der Waals surface area contributed by atoms with Gasteiger partial charge in [-0.2, -0.15) is 5.26 Å². The largest absolute Gasteiger partial charge is 0.310 e. The molecule has 0 atom stereocenters. The van der Waals surface area contributed by atoms with Gasteiger partial charge >= 0.3 is 0 Å². The molecule has 0 saturated carbocycles. The van der Waals surface area contributed by atoms with Gasteiger partial charge in [-0.1, -0.05) is 6.07 Å². The normalized spacial score (nSPS) is 23.6. The van der Waals surface area contributed by atoms with E-state index in [9.17, 15) is 8.60 Å². The highest BCUT2D eigenvalue weighted by Crippen LogP contribution is 2.13. The van der Waals surface area contributed by atoms with Crippen molar-refractivity contribution in [3.05, 3.63) is 35.1 Å². The molecule has 0 aliphatic carbocycles. The molecule has 2 rings (SSSR count). The maximum atomic E-state index is 13.6. The fraction of sp³-hybridized carbons (Fsp3) is 0.462. The van der Waals surface area contributed by atoms with Gasteiger partial charge in [0.25, 0.3) is 0 Å². The fourth-order valence-electron chi connectivity index (χ4n) is 2.01. The molecule has 5 heteroatoms. The molecule has 0 aromatic heterocycles. The molecule has 1 heterocycles. The Morgan fingerprint density at radius 3 is 2.78 bits per heavy atom. The highest BCUT2D eigenvalue weighted by atomic mass is 32.2. The topological polar surface area (TPSA) is 52.9 Å². The average molecular weight is 266 g/mol. The molecule has 1 saturated heterocycles.